The third kappa shape index (κ3) is 14.5. The Morgan fingerprint density at radius 3 is 2.17 bits per heavy atom. The quantitative estimate of drug-likeness (QED) is 0.225. The van der Waals surface area contributed by atoms with Crippen LogP contribution in [0.3, 0.4) is 0 Å². The van der Waals surface area contributed by atoms with Gasteiger partial charge >= 0.3 is 0 Å². The zero-order chi connectivity index (χ0) is 17.9. The molecule has 0 rings (SSSR count). The third-order valence-electron chi connectivity index (χ3n) is 3.24. The molecule has 4 N–H and O–H groups in total. The molecule has 8 heteroatoms. The summed E-state index contributed by atoms with van der Waals surface area (Å²) in [5.74, 6) is -0.0858. The second-order valence-electron chi connectivity index (χ2n) is 5.21. The Hall–Kier alpha value is -1.06. The van der Waals surface area contributed by atoms with Crippen LogP contribution in [-0.4, -0.2) is 78.0 Å². The normalized spacial score (nSPS) is 12.1. The van der Waals surface area contributed by atoms with E-state index in [4.69, 9.17) is 19.9 Å². The van der Waals surface area contributed by atoms with Crippen LogP contribution in [0.25, 0.3) is 0 Å². The molecule has 0 saturated heterocycles. The number of aldehydes is 1. The van der Waals surface area contributed by atoms with Gasteiger partial charge in [0.05, 0.1) is 32.5 Å². The zero-order valence-electron chi connectivity index (χ0n) is 14.8. The van der Waals surface area contributed by atoms with Crippen LogP contribution >= 0.6 is 0 Å². The predicted octanol–water partition coefficient (Wildman–Crippen LogP) is -0.542. The molecule has 0 spiro atoms. The number of rotatable bonds is 18. The Kier molecular flexibility index (Phi) is 17.5. The minimum Gasteiger partial charge on any atom is -0.379 e. The number of likely N-dealkylation sites (N-methyl/N-ethyl adjacent to an activating group) is 1. The van der Waals surface area contributed by atoms with Gasteiger partial charge in [-0.25, -0.2) is 0 Å². The number of nitrogens with one attached hydrogen (secondary N) is 2. The first-order chi connectivity index (χ1) is 11.8. The van der Waals surface area contributed by atoms with E-state index in [2.05, 4.69) is 10.6 Å². The minimum absolute atomic E-state index is 0.0858. The van der Waals surface area contributed by atoms with Crippen LogP contribution in [0.2, 0.25) is 0 Å². The third-order valence-corrected chi connectivity index (χ3v) is 3.24. The first-order valence-electron chi connectivity index (χ1n) is 8.58. The fourth-order valence-corrected chi connectivity index (χ4v) is 1.88. The van der Waals surface area contributed by atoms with Crippen molar-refractivity contribution in [1.29, 1.82) is 0 Å². The van der Waals surface area contributed by atoms with Crippen molar-refractivity contribution < 1.29 is 23.8 Å². The van der Waals surface area contributed by atoms with Gasteiger partial charge in [0.25, 0.3) is 0 Å². The largest absolute Gasteiger partial charge is 0.379 e. The summed E-state index contributed by atoms with van der Waals surface area (Å²) < 4.78 is 16.1. The van der Waals surface area contributed by atoms with Crippen LogP contribution < -0.4 is 16.4 Å². The van der Waals surface area contributed by atoms with Gasteiger partial charge in [-0.3, -0.25) is 4.79 Å². The van der Waals surface area contributed by atoms with Gasteiger partial charge in [0, 0.05) is 26.2 Å². The summed E-state index contributed by atoms with van der Waals surface area (Å²) >= 11 is 0. The van der Waals surface area contributed by atoms with Crippen molar-refractivity contribution >= 4 is 12.2 Å². The fraction of sp³-hybridized carbons (Fsp3) is 0.875. The van der Waals surface area contributed by atoms with Crippen molar-refractivity contribution in [2.45, 2.75) is 31.7 Å². The summed E-state index contributed by atoms with van der Waals surface area (Å²) in [5.41, 5.74) is 5.35. The lowest BCUT2D eigenvalue weighted by atomic mass is 10.1. The molecular weight excluding hydrogens is 314 g/mol. The van der Waals surface area contributed by atoms with Crippen molar-refractivity contribution in [2.75, 3.05) is 59.8 Å². The van der Waals surface area contributed by atoms with Crippen molar-refractivity contribution in [2.24, 2.45) is 5.73 Å². The number of carbonyl (C=O) groups is 2. The molecule has 0 aromatic carbocycles. The predicted molar refractivity (Wildman–Crippen MR) is 91.9 cm³/mol. The van der Waals surface area contributed by atoms with E-state index in [-0.39, 0.29) is 11.9 Å². The highest BCUT2D eigenvalue weighted by Gasteiger charge is 2.14. The molecule has 8 nitrogen and oxygen atoms in total. The molecule has 0 heterocycles. The number of hydrogen-bond donors (Lipinski definition) is 3. The maximum Gasteiger partial charge on any atom is 0.237 e. The number of carbonyl (C=O) groups excluding carboxylic acids is 2. The number of ether oxygens (including phenoxy) is 3. The van der Waals surface area contributed by atoms with Crippen LogP contribution in [0.15, 0.2) is 0 Å². The van der Waals surface area contributed by atoms with Gasteiger partial charge < -0.3 is 35.4 Å². The van der Waals surface area contributed by atoms with E-state index in [1.807, 2.05) is 0 Å². The van der Waals surface area contributed by atoms with E-state index in [0.29, 0.717) is 65.6 Å². The number of hydrogen-bond acceptors (Lipinski definition) is 7. The fourth-order valence-electron chi connectivity index (χ4n) is 1.88. The summed E-state index contributed by atoms with van der Waals surface area (Å²) in [6.45, 7) is 4.60. The first kappa shape index (κ1) is 22.9. The molecule has 0 aliphatic carbocycles. The topological polar surface area (TPSA) is 112 Å². The van der Waals surface area contributed by atoms with Crippen molar-refractivity contribution in [3.63, 3.8) is 0 Å². The molecule has 0 aliphatic rings. The highest BCUT2D eigenvalue weighted by atomic mass is 16.5. The van der Waals surface area contributed by atoms with Gasteiger partial charge in [0.2, 0.25) is 5.91 Å². The molecule has 1 atom stereocenters. The molecular formula is C16H33N3O5. The Bertz CT molecular complexity index is 305. The molecule has 0 aromatic heterocycles. The van der Waals surface area contributed by atoms with E-state index in [0.717, 1.165) is 19.1 Å². The van der Waals surface area contributed by atoms with E-state index in [1.165, 1.54) is 0 Å². The monoisotopic (exact) mass is 347 g/mol. The zero-order valence-corrected chi connectivity index (χ0v) is 14.8. The van der Waals surface area contributed by atoms with Crippen LogP contribution in [-0.2, 0) is 23.8 Å². The molecule has 0 bridgehead atoms. The smallest absolute Gasteiger partial charge is 0.237 e. The van der Waals surface area contributed by atoms with Gasteiger partial charge in [-0.1, -0.05) is 0 Å². The van der Waals surface area contributed by atoms with Gasteiger partial charge in [-0.05, 0) is 32.9 Å². The Labute approximate surface area is 144 Å². The first-order valence-corrected chi connectivity index (χ1v) is 8.58. The van der Waals surface area contributed by atoms with Crippen LogP contribution in [0.5, 0.6) is 0 Å². The van der Waals surface area contributed by atoms with Crippen molar-refractivity contribution in [3.8, 4) is 0 Å². The van der Waals surface area contributed by atoms with Crippen LogP contribution in [0, 0.1) is 0 Å². The van der Waals surface area contributed by atoms with Gasteiger partial charge in [-0.15, -0.1) is 0 Å². The Morgan fingerprint density at radius 2 is 1.62 bits per heavy atom. The number of amides is 1. The van der Waals surface area contributed by atoms with Gasteiger partial charge in [0.1, 0.15) is 6.29 Å². The van der Waals surface area contributed by atoms with E-state index < -0.39 is 0 Å². The lowest BCUT2D eigenvalue weighted by Crippen LogP contribution is -2.43. The molecule has 1 unspecified atom stereocenters. The summed E-state index contributed by atoms with van der Waals surface area (Å²) in [5, 5.41) is 5.72. The maximum atomic E-state index is 11.8. The Morgan fingerprint density at radius 1 is 1.04 bits per heavy atom. The summed E-state index contributed by atoms with van der Waals surface area (Å²) in [4.78, 5) is 22.1. The average molecular weight is 347 g/mol. The van der Waals surface area contributed by atoms with Crippen molar-refractivity contribution in [3.05, 3.63) is 0 Å². The van der Waals surface area contributed by atoms with Crippen LogP contribution in [0.1, 0.15) is 25.7 Å². The number of nitrogens with two attached hydrogens (primary N) is 1. The lowest BCUT2D eigenvalue weighted by Gasteiger charge is -2.14. The molecule has 1 amide bonds. The molecule has 142 valence electrons. The standard InChI is InChI=1S/C16H33N3O5/c1-18-15(5-2-8-20)16(21)19-7-4-10-23-12-14-24-13-11-22-9-3-6-17/h8,15,18H,2-7,9-14,17H2,1H3,(H,19,21). The Balaban J connectivity index is 3.32. The second kappa shape index (κ2) is 18.3. The second-order valence-corrected chi connectivity index (χ2v) is 5.21. The molecule has 0 saturated carbocycles. The van der Waals surface area contributed by atoms with Crippen LogP contribution in [0.4, 0.5) is 0 Å². The lowest BCUT2D eigenvalue weighted by molar-refractivity contribution is -0.123. The summed E-state index contributed by atoms with van der Waals surface area (Å²) in [6, 6.07) is -0.323. The van der Waals surface area contributed by atoms with E-state index >= 15 is 0 Å². The molecule has 0 aliphatic heterocycles. The summed E-state index contributed by atoms with van der Waals surface area (Å²) in [6.07, 6.45) is 3.30. The molecule has 0 aromatic rings. The van der Waals surface area contributed by atoms with Gasteiger partial charge in [0.15, 0.2) is 0 Å². The van der Waals surface area contributed by atoms with E-state index in [1.54, 1.807) is 7.05 Å². The average Bonchev–Trinajstić information content (AvgIpc) is 2.59. The van der Waals surface area contributed by atoms with Crippen molar-refractivity contribution in [1.82, 2.24) is 10.6 Å². The SMILES string of the molecule is CNC(CCC=O)C(=O)NCCCOCCOCCOCCCN. The highest BCUT2D eigenvalue weighted by Crippen LogP contribution is 1.95. The molecule has 24 heavy (non-hydrogen) atoms. The minimum atomic E-state index is -0.323. The summed E-state index contributed by atoms with van der Waals surface area (Å²) in [7, 11) is 1.71. The molecule has 0 fully saturated rings. The van der Waals surface area contributed by atoms with Gasteiger partial charge in [-0.2, -0.15) is 0 Å². The highest BCUT2D eigenvalue weighted by molar-refractivity contribution is 5.81. The molecule has 0 radical (unpaired) electrons. The maximum absolute atomic E-state index is 11.8. The van der Waals surface area contributed by atoms with E-state index in [9.17, 15) is 9.59 Å².